The summed E-state index contributed by atoms with van der Waals surface area (Å²) in [5.41, 5.74) is 4.36. The molecular formula is C22H30N2O2S. The molecule has 0 aromatic heterocycles. The van der Waals surface area contributed by atoms with Crippen LogP contribution in [0.5, 0.6) is 0 Å². The van der Waals surface area contributed by atoms with Crippen molar-refractivity contribution in [3.8, 4) is 0 Å². The zero-order chi connectivity index (χ0) is 19.4. The first-order chi connectivity index (χ1) is 12.9. The van der Waals surface area contributed by atoms with Crippen LogP contribution in [-0.2, 0) is 16.4 Å². The van der Waals surface area contributed by atoms with E-state index >= 15 is 0 Å². The fourth-order valence-electron chi connectivity index (χ4n) is 3.71. The molecule has 0 bridgehead atoms. The molecule has 0 radical (unpaired) electrons. The summed E-state index contributed by atoms with van der Waals surface area (Å²) >= 11 is 0. The van der Waals surface area contributed by atoms with E-state index in [9.17, 15) is 8.42 Å². The van der Waals surface area contributed by atoms with Crippen LogP contribution < -0.4 is 4.90 Å². The quantitative estimate of drug-likeness (QED) is 0.726. The third-order valence-electron chi connectivity index (χ3n) is 5.30. The van der Waals surface area contributed by atoms with Crippen molar-refractivity contribution in [2.24, 2.45) is 0 Å². The van der Waals surface area contributed by atoms with Gasteiger partial charge in [0.25, 0.3) is 0 Å². The van der Waals surface area contributed by atoms with Gasteiger partial charge in [0.15, 0.2) is 9.84 Å². The minimum absolute atomic E-state index is 0.139. The van der Waals surface area contributed by atoms with Crippen molar-refractivity contribution in [2.45, 2.75) is 38.1 Å². The van der Waals surface area contributed by atoms with E-state index in [-0.39, 0.29) is 5.75 Å². The molecule has 1 heterocycles. The van der Waals surface area contributed by atoms with E-state index in [1.54, 1.807) is 6.07 Å². The van der Waals surface area contributed by atoms with Crippen molar-refractivity contribution in [1.82, 2.24) is 4.90 Å². The van der Waals surface area contributed by atoms with E-state index in [1.807, 2.05) is 33.0 Å². The van der Waals surface area contributed by atoms with Gasteiger partial charge in [-0.25, -0.2) is 8.42 Å². The van der Waals surface area contributed by atoms with Crippen molar-refractivity contribution >= 4 is 15.5 Å². The number of hydrogen-bond acceptors (Lipinski definition) is 4. The molecule has 2 aromatic carbocycles. The second kappa shape index (κ2) is 8.44. The topological polar surface area (TPSA) is 40.6 Å². The highest BCUT2D eigenvalue weighted by molar-refractivity contribution is 7.91. The number of aryl methyl sites for hydroxylation is 2. The van der Waals surface area contributed by atoms with E-state index in [4.69, 9.17) is 0 Å². The Bertz CT molecular complexity index is 887. The lowest BCUT2D eigenvalue weighted by Crippen LogP contribution is -2.27. The number of hydrogen-bond donors (Lipinski definition) is 0. The molecule has 0 unspecified atom stereocenters. The van der Waals surface area contributed by atoms with Gasteiger partial charge in [0.05, 0.1) is 10.6 Å². The summed E-state index contributed by atoms with van der Waals surface area (Å²) < 4.78 is 25.6. The second-order valence-electron chi connectivity index (χ2n) is 7.65. The standard InChI is InChI=1S/C22H30N2O2S/c1-18-10-11-19(2)22(16-18)27(25,26)15-14-23(3)17-20-8-4-5-9-21(20)24-12-6-7-13-24/h4-5,8-11,16H,6-7,12-15,17H2,1-3H3. The van der Waals surface area contributed by atoms with Gasteiger partial charge in [0, 0.05) is 31.9 Å². The number of anilines is 1. The third kappa shape index (κ3) is 4.90. The molecule has 3 rings (SSSR count). The van der Waals surface area contributed by atoms with Gasteiger partial charge in [0.1, 0.15) is 0 Å². The number of benzene rings is 2. The van der Waals surface area contributed by atoms with Crippen molar-refractivity contribution in [3.63, 3.8) is 0 Å². The number of rotatable bonds is 7. The van der Waals surface area contributed by atoms with Crippen LogP contribution in [-0.4, -0.2) is 45.8 Å². The molecule has 0 atom stereocenters. The zero-order valence-corrected chi connectivity index (χ0v) is 17.4. The molecule has 4 nitrogen and oxygen atoms in total. The summed E-state index contributed by atoms with van der Waals surface area (Å²) in [6, 6.07) is 14.1. The molecule has 5 heteroatoms. The highest BCUT2D eigenvalue weighted by Crippen LogP contribution is 2.25. The summed E-state index contributed by atoms with van der Waals surface area (Å²) in [6.07, 6.45) is 2.50. The van der Waals surface area contributed by atoms with E-state index in [0.29, 0.717) is 11.4 Å². The fourth-order valence-corrected chi connectivity index (χ4v) is 5.41. The molecule has 1 aliphatic rings. The zero-order valence-electron chi connectivity index (χ0n) is 16.6. The molecule has 146 valence electrons. The Balaban J connectivity index is 1.66. The fraction of sp³-hybridized carbons (Fsp3) is 0.455. The van der Waals surface area contributed by atoms with Crippen LogP contribution in [0, 0.1) is 13.8 Å². The first kappa shape index (κ1) is 19.9. The summed E-state index contributed by atoms with van der Waals surface area (Å²) in [5, 5.41) is 0. The lowest BCUT2D eigenvalue weighted by atomic mass is 10.1. The average Bonchev–Trinajstić information content (AvgIpc) is 3.17. The Kier molecular flexibility index (Phi) is 6.22. The lowest BCUT2D eigenvalue weighted by Gasteiger charge is -2.24. The van der Waals surface area contributed by atoms with Gasteiger partial charge in [-0.1, -0.05) is 30.3 Å². The van der Waals surface area contributed by atoms with E-state index in [0.717, 1.165) is 30.8 Å². The van der Waals surface area contributed by atoms with Crippen LogP contribution in [0.25, 0.3) is 0 Å². The van der Waals surface area contributed by atoms with Crippen LogP contribution in [0.3, 0.4) is 0 Å². The van der Waals surface area contributed by atoms with Crippen LogP contribution in [0.1, 0.15) is 29.5 Å². The number of para-hydroxylation sites is 1. The van der Waals surface area contributed by atoms with Crippen LogP contribution >= 0.6 is 0 Å². The molecule has 0 aliphatic carbocycles. The minimum Gasteiger partial charge on any atom is -0.371 e. The Morgan fingerprint density at radius 3 is 2.48 bits per heavy atom. The van der Waals surface area contributed by atoms with Crippen molar-refractivity contribution in [1.29, 1.82) is 0 Å². The van der Waals surface area contributed by atoms with Gasteiger partial charge >= 0.3 is 0 Å². The molecule has 1 saturated heterocycles. The molecule has 0 spiro atoms. The smallest absolute Gasteiger partial charge is 0.179 e. The highest BCUT2D eigenvalue weighted by Gasteiger charge is 2.19. The van der Waals surface area contributed by atoms with Gasteiger partial charge in [-0.3, -0.25) is 0 Å². The monoisotopic (exact) mass is 386 g/mol. The van der Waals surface area contributed by atoms with Gasteiger partial charge in [-0.15, -0.1) is 0 Å². The number of nitrogens with zero attached hydrogens (tertiary/aromatic N) is 2. The van der Waals surface area contributed by atoms with Crippen molar-refractivity contribution in [3.05, 3.63) is 59.2 Å². The van der Waals surface area contributed by atoms with Gasteiger partial charge in [-0.05, 0) is 62.6 Å². The Morgan fingerprint density at radius 1 is 1.04 bits per heavy atom. The molecule has 0 N–H and O–H groups in total. The summed E-state index contributed by atoms with van der Waals surface area (Å²) in [7, 11) is -1.28. The molecule has 1 aliphatic heterocycles. The minimum atomic E-state index is -3.28. The van der Waals surface area contributed by atoms with Gasteiger partial charge in [0.2, 0.25) is 0 Å². The van der Waals surface area contributed by atoms with Gasteiger partial charge in [-0.2, -0.15) is 0 Å². The van der Waals surface area contributed by atoms with Crippen LogP contribution in [0.2, 0.25) is 0 Å². The average molecular weight is 387 g/mol. The molecule has 0 saturated carbocycles. The van der Waals surface area contributed by atoms with Crippen LogP contribution in [0.4, 0.5) is 5.69 Å². The Hall–Kier alpha value is -1.85. The van der Waals surface area contributed by atoms with E-state index < -0.39 is 9.84 Å². The SMILES string of the molecule is Cc1ccc(C)c(S(=O)(=O)CCN(C)Cc2ccccc2N2CCCC2)c1. The van der Waals surface area contributed by atoms with Gasteiger partial charge < -0.3 is 9.80 Å². The number of sulfone groups is 1. The summed E-state index contributed by atoms with van der Waals surface area (Å²) in [6.45, 7) is 7.30. The maximum atomic E-state index is 12.8. The van der Waals surface area contributed by atoms with E-state index in [1.165, 1.54) is 24.1 Å². The first-order valence-corrected chi connectivity index (χ1v) is 11.3. The molecular weight excluding hydrogens is 356 g/mol. The van der Waals surface area contributed by atoms with Crippen LogP contribution in [0.15, 0.2) is 47.4 Å². The Morgan fingerprint density at radius 2 is 1.74 bits per heavy atom. The van der Waals surface area contributed by atoms with Crippen molar-refractivity contribution in [2.75, 3.05) is 37.3 Å². The van der Waals surface area contributed by atoms with E-state index in [2.05, 4.69) is 34.1 Å². The maximum Gasteiger partial charge on any atom is 0.179 e. The predicted octanol–water partition coefficient (Wildman–Crippen LogP) is 3.81. The summed E-state index contributed by atoms with van der Waals surface area (Å²) in [4.78, 5) is 5.02. The second-order valence-corrected chi connectivity index (χ2v) is 9.73. The lowest BCUT2D eigenvalue weighted by molar-refractivity contribution is 0.346. The summed E-state index contributed by atoms with van der Waals surface area (Å²) in [5.74, 6) is 0.139. The van der Waals surface area contributed by atoms with Crippen molar-refractivity contribution < 1.29 is 8.42 Å². The molecule has 2 aromatic rings. The molecule has 0 amide bonds. The maximum absolute atomic E-state index is 12.8. The molecule has 1 fully saturated rings. The largest absolute Gasteiger partial charge is 0.371 e. The normalized spacial score (nSPS) is 14.9. The predicted molar refractivity (Wildman–Crippen MR) is 112 cm³/mol. The third-order valence-corrected chi connectivity index (χ3v) is 7.13. The Labute approximate surface area is 163 Å². The highest BCUT2D eigenvalue weighted by atomic mass is 32.2. The first-order valence-electron chi connectivity index (χ1n) is 9.68. The molecule has 27 heavy (non-hydrogen) atoms.